The summed E-state index contributed by atoms with van der Waals surface area (Å²) in [5.74, 6) is 0.327. The number of piperidine rings is 1. The normalized spacial score (nSPS) is 26.1. The van der Waals surface area contributed by atoms with Crippen molar-refractivity contribution in [3.63, 3.8) is 0 Å². The predicted molar refractivity (Wildman–Crippen MR) is 84.9 cm³/mol. The van der Waals surface area contributed by atoms with E-state index in [-0.39, 0.29) is 24.1 Å². The summed E-state index contributed by atoms with van der Waals surface area (Å²) in [4.78, 5) is 11.9. The van der Waals surface area contributed by atoms with Crippen molar-refractivity contribution in [3.8, 4) is 5.75 Å². The first kappa shape index (κ1) is 17.0. The fourth-order valence-corrected chi connectivity index (χ4v) is 3.27. The number of amides is 1. The molecular formula is C16H22ClFN2O2. The first-order valence-electron chi connectivity index (χ1n) is 7.63. The molecule has 0 radical (unpaired) electrons. The maximum atomic E-state index is 12.7. The summed E-state index contributed by atoms with van der Waals surface area (Å²) >= 11 is 0. The molecule has 22 heavy (non-hydrogen) atoms. The summed E-state index contributed by atoms with van der Waals surface area (Å²) in [6, 6.07) is 7.27. The molecular weight excluding hydrogens is 307 g/mol. The first-order chi connectivity index (χ1) is 10.2. The van der Waals surface area contributed by atoms with Crippen molar-refractivity contribution in [1.82, 2.24) is 10.6 Å². The smallest absolute Gasteiger partial charge is 0.223 e. The molecule has 2 unspecified atom stereocenters. The number of benzene rings is 1. The minimum absolute atomic E-state index is 0. The molecule has 1 amide bonds. The largest absolute Gasteiger partial charge is 0.493 e. The van der Waals surface area contributed by atoms with Crippen LogP contribution in [-0.2, 0) is 4.79 Å². The molecule has 6 heteroatoms. The molecule has 2 heterocycles. The fraction of sp³-hybridized carbons (Fsp3) is 0.562. The zero-order valence-corrected chi connectivity index (χ0v) is 13.2. The number of rotatable bonds is 5. The lowest BCUT2D eigenvalue weighted by molar-refractivity contribution is -0.122. The van der Waals surface area contributed by atoms with Crippen molar-refractivity contribution >= 4 is 18.3 Å². The lowest BCUT2D eigenvalue weighted by Gasteiger charge is -2.29. The van der Waals surface area contributed by atoms with Gasteiger partial charge in [-0.05, 0) is 49.9 Å². The molecule has 2 fully saturated rings. The van der Waals surface area contributed by atoms with Crippen molar-refractivity contribution in [2.75, 3.05) is 6.61 Å². The van der Waals surface area contributed by atoms with Crippen LogP contribution in [0.2, 0.25) is 0 Å². The Morgan fingerprint density at radius 3 is 2.50 bits per heavy atom. The van der Waals surface area contributed by atoms with E-state index in [9.17, 15) is 9.18 Å². The summed E-state index contributed by atoms with van der Waals surface area (Å²) < 4.78 is 18.2. The topological polar surface area (TPSA) is 50.4 Å². The van der Waals surface area contributed by atoms with Gasteiger partial charge in [0.15, 0.2) is 0 Å². The second-order valence-electron chi connectivity index (χ2n) is 5.93. The number of ether oxygens (including phenoxy) is 1. The van der Waals surface area contributed by atoms with Crippen LogP contribution in [-0.4, -0.2) is 30.6 Å². The number of halogens is 2. The molecule has 2 saturated heterocycles. The van der Waals surface area contributed by atoms with Gasteiger partial charge in [0, 0.05) is 18.1 Å². The Labute approximate surface area is 136 Å². The van der Waals surface area contributed by atoms with Crippen molar-refractivity contribution in [2.45, 2.75) is 50.2 Å². The van der Waals surface area contributed by atoms with E-state index in [0.717, 1.165) is 12.8 Å². The molecule has 1 aromatic rings. The highest BCUT2D eigenvalue weighted by Crippen LogP contribution is 2.26. The molecule has 2 bridgehead atoms. The summed E-state index contributed by atoms with van der Waals surface area (Å²) in [7, 11) is 0. The third kappa shape index (κ3) is 4.58. The number of hydrogen-bond acceptors (Lipinski definition) is 3. The van der Waals surface area contributed by atoms with Crippen LogP contribution < -0.4 is 15.4 Å². The summed E-state index contributed by atoms with van der Waals surface area (Å²) in [5, 5.41) is 6.65. The third-order valence-corrected chi connectivity index (χ3v) is 4.25. The molecule has 4 nitrogen and oxygen atoms in total. The van der Waals surface area contributed by atoms with Gasteiger partial charge in [0.25, 0.3) is 0 Å². The van der Waals surface area contributed by atoms with Gasteiger partial charge in [0.05, 0.1) is 13.0 Å². The first-order valence-corrected chi connectivity index (χ1v) is 7.63. The van der Waals surface area contributed by atoms with Crippen LogP contribution in [0, 0.1) is 5.82 Å². The molecule has 2 aliphatic heterocycles. The number of nitrogens with one attached hydrogen (secondary N) is 2. The second kappa shape index (κ2) is 7.79. The van der Waals surface area contributed by atoms with Gasteiger partial charge in [-0.3, -0.25) is 4.79 Å². The molecule has 0 saturated carbocycles. The van der Waals surface area contributed by atoms with Crippen molar-refractivity contribution in [3.05, 3.63) is 30.1 Å². The number of carbonyl (C=O) groups is 1. The van der Waals surface area contributed by atoms with Gasteiger partial charge in [0.1, 0.15) is 11.6 Å². The molecule has 2 atom stereocenters. The van der Waals surface area contributed by atoms with Crippen LogP contribution in [0.15, 0.2) is 24.3 Å². The van der Waals surface area contributed by atoms with E-state index in [1.54, 1.807) is 12.1 Å². The number of carbonyl (C=O) groups excluding carboxylic acids is 1. The van der Waals surface area contributed by atoms with E-state index < -0.39 is 0 Å². The zero-order valence-electron chi connectivity index (χ0n) is 12.4. The Balaban J connectivity index is 0.00000176. The quantitative estimate of drug-likeness (QED) is 0.872. The van der Waals surface area contributed by atoms with Gasteiger partial charge in [-0.15, -0.1) is 12.4 Å². The van der Waals surface area contributed by atoms with Crippen molar-refractivity contribution in [1.29, 1.82) is 0 Å². The molecule has 0 aromatic heterocycles. The van der Waals surface area contributed by atoms with Crippen LogP contribution in [0.5, 0.6) is 5.75 Å². The Bertz CT molecular complexity index is 485. The third-order valence-electron chi connectivity index (χ3n) is 4.25. The molecule has 0 spiro atoms. The minimum Gasteiger partial charge on any atom is -0.493 e. The van der Waals surface area contributed by atoms with Gasteiger partial charge >= 0.3 is 0 Å². The molecule has 1 aromatic carbocycles. The minimum atomic E-state index is -0.291. The monoisotopic (exact) mass is 328 g/mol. The Kier molecular flexibility index (Phi) is 6.03. The highest BCUT2D eigenvalue weighted by molar-refractivity contribution is 5.85. The van der Waals surface area contributed by atoms with E-state index in [2.05, 4.69) is 10.6 Å². The SMILES string of the molecule is Cl.O=C(CCOc1ccc(F)cc1)NC1CC2CCC(C1)N2. The van der Waals surface area contributed by atoms with E-state index in [1.807, 2.05) is 0 Å². The van der Waals surface area contributed by atoms with Gasteiger partial charge < -0.3 is 15.4 Å². The van der Waals surface area contributed by atoms with Gasteiger partial charge in [-0.1, -0.05) is 0 Å². The predicted octanol–water partition coefficient (Wildman–Crippen LogP) is 2.42. The van der Waals surface area contributed by atoms with Gasteiger partial charge in [0.2, 0.25) is 5.91 Å². The molecule has 122 valence electrons. The number of fused-ring (bicyclic) bond motifs is 2. The van der Waals surface area contributed by atoms with Crippen molar-refractivity contribution < 1.29 is 13.9 Å². The Hall–Kier alpha value is -1.33. The molecule has 0 aliphatic carbocycles. The number of hydrogen-bond donors (Lipinski definition) is 2. The average Bonchev–Trinajstić information content (AvgIpc) is 2.80. The van der Waals surface area contributed by atoms with Gasteiger partial charge in [-0.2, -0.15) is 0 Å². The maximum Gasteiger partial charge on any atom is 0.223 e. The zero-order chi connectivity index (χ0) is 14.7. The lowest BCUT2D eigenvalue weighted by atomic mass is 10.00. The Morgan fingerprint density at radius 1 is 1.23 bits per heavy atom. The summed E-state index contributed by atoms with van der Waals surface area (Å²) in [6.07, 6.45) is 4.84. The molecule has 2 N–H and O–H groups in total. The highest BCUT2D eigenvalue weighted by Gasteiger charge is 2.33. The van der Waals surface area contributed by atoms with E-state index >= 15 is 0 Å². The summed E-state index contributed by atoms with van der Waals surface area (Å²) in [6.45, 7) is 0.315. The average molecular weight is 329 g/mol. The summed E-state index contributed by atoms with van der Waals surface area (Å²) in [5.41, 5.74) is 0. The van der Waals surface area contributed by atoms with Gasteiger partial charge in [-0.25, -0.2) is 4.39 Å². The second-order valence-corrected chi connectivity index (χ2v) is 5.93. The van der Waals surface area contributed by atoms with Crippen LogP contribution in [0.1, 0.15) is 32.1 Å². The van der Waals surface area contributed by atoms with E-state index in [4.69, 9.17) is 4.74 Å². The highest BCUT2D eigenvalue weighted by atomic mass is 35.5. The standard InChI is InChI=1S/C16H21FN2O2.ClH/c17-11-1-5-15(6-2-11)21-8-7-16(20)19-14-9-12-3-4-13(10-14)18-12;/h1-2,5-6,12-14,18H,3-4,7-10H2,(H,19,20);1H. The van der Waals surface area contributed by atoms with Crippen LogP contribution in [0.3, 0.4) is 0 Å². The fourth-order valence-electron chi connectivity index (χ4n) is 3.27. The van der Waals surface area contributed by atoms with Crippen LogP contribution in [0.25, 0.3) is 0 Å². The van der Waals surface area contributed by atoms with Crippen LogP contribution >= 0.6 is 12.4 Å². The molecule has 3 rings (SSSR count). The molecule has 2 aliphatic rings. The van der Waals surface area contributed by atoms with E-state index in [1.165, 1.54) is 25.0 Å². The maximum absolute atomic E-state index is 12.7. The van der Waals surface area contributed by atoms with Crippen LogP contribution in [0.4, 0.5) is 4.39 Å². The van der Waals surface area contributed by atoms with E-state index in [0.29, 0.717) is 36.9 Å². The lowest BCUT2D eigenvalue weighted by Crippen LogP contribution is -2.48. The van der Waals surface area contributed by atoms with Crippen molar-refractivity contribution in [2.24, 2.45) is 0 Å². The Morgan fingerprint density at radius 2 is 1.86 bits per heavy atom.